The van der Waals surface area contributed by atoms with Crippen LogP contribution in [0.1, 0.15) is 30.4 Å². The second-order valence-electron chi connectivity index (χ2n) is 4.84. The molecule has 1 aromatic rings. The summed E-state index contributed by atoms with van der Waals surface area (Å²) >= 11 is 5.65. The van der Waals surface area contributed by atoms with E-state index in [0.717, 1.165) is 11.8 Å². The van der Waals surface area contributed by atoms with Gasteiger partial charge in [0.05, 0.1) is 0 Å². The lowest BCUT2D eigenvalue weighted by molar-refractivity contribution is 0.524. The van der Waals surface area contributed by atoms with Gasteiger partial charge in [-0.05, 0) is 49.6 Å². The van der Waals surface area contributed by atoms with Crippen LogP contribution in [0.25, 0.3) is 0 Å². The van der Waals surface area contributed by atoms with Gasteiger partial charge < -0.3 is 5.32 Å². The third-order valence-corrected chi connectivity index (χ3v) is 5.34. The van der Waals surface area contributed by atoms with E-state index >= 15 is 0 Å². The highest BCUT2D eigenvalue weighted by Crippen LogP contribution is 2.28. The predicted octanol–water partition coefficient (Wildman–Crippen LogP) is 4.13. The van der Waals surface area contributed by atoms with Gasteiger partial charge in [-0.25, -0.2) is 0 Å². The average molecular weight is 314 g/mol. The molecular weight excluding hydrogens is 294 g/mol. The van der Waals surface area contributed by atoms with Crippen LogP contribution in [0.4, 0.5) is 0 Å². The Bertz CT molecular complexity index is 380. The lowest BCUT2D eigenvalue weighted by Gasteiger charge is -2.14. The van der Waals surface area contributed by atoms with Gasteiger partial charge in [0.15, 0.2) is 0 Å². The first kappa shape index (κ1) is 13.4. The zero-order chi connectivity index (χ0) is 12.3. The average Bonchev–Trinajstić information content (AvgIpc) is 2.76. The molecule has 0 heterocycles. The number of hydrogen-bond donors (Lipinski definition) is 1. The number of rotatable bonds is 4. The smallest absolute Gasteiger partial charge is 0.0222 e. The Morgan fingerprint density at radius 1 is 1.41 bits per heavy atom. The van der Waals surface area contributed by atoms with E-state index in [1.807, 2.05) is 11.8 Å². The molecule has 17 heavy (non-hydrogen) atoms. The maximum absolute atomic E-state index is 3.68. The summed E-state index contributed by atoms with van der Waals surface area (Å²) in [5.74, 6) is 0. The Hall–Kier alpha value is 0.01000. The molecule has 1 fully saturated rings. The molecule has 1 aliphatic carbocycles. The van der Waals surface area contributed by atoms with Gasteiger partial charge in [0, 0.05) is 22.3 Å². The highest BCUT2D eigenvalue weighted by Gasteiger charge is 2.23. The van der Waals surface area contributed by atoms with Crippen LogP contribution in [0.15, 0.2) is 22.7 Å². The third kappa shape index (κ3) is 3.73. The second kappa shape index (κ2) is 6.26. The molecule has 0 amide bonds. The van der Waals surface area contributed by atoms with Crippen LogP contribution in [0.3, 0.4) is 0 Å². The highest BCUT2D eigenvalue weighted by molar-refractivity contribution is 9.10. The van der Waals surface area contributed by atoms with Crippen molar-refractivity contribution in [3.63, 3.8) is 0 Å². The van der Waals surface area contributed by atoms with Crippen molar-refractivity contribution in [1.29, 1.82) is 0 Å². The van der Waals surface area contributed by atoms with Gasteiger partial charge in [-0.15, -0.1) is 0 Å². The summed E-state index contributed by atoms with van der Waals surface area (Å²) in [7, 11) is 0. The third-order valence-electron chi connectivity index (χ3n) is 3.51. The van der Waals surface area contributed by atoms with E-state index < -0.39 is 0 Å². The van der Waals surface area contributed by atoms with Gasteiger partial charge >= 0.3 is 0 Å². The number of hydrogen-bond acceptors (Lipinski definition) is 2. The fourth-order valence-electron chi connectivity index (χ4n) is 2.39. The second-order valence-corrected chi connectivity index (χ2v) is 6.84. The molecular formula is C14H20BrNS. The van der Waals surface area contributed by atoms with Gasteiger partial charge in [0.25, 0.3) is 0 Å². The fourth-order valence-corrected chi connectivity index (χ4v) is 3.82. The quantitative estimate of drug-likeness (QED) is 0.897. The van der Waals surface area contributed by atoms with Crippen molar-refractivity contribution in [3.8, 4) is 0 Å². The van der Waals surface area contributed by atoms with Crippen LogP contribution in [0.2, 0.25) is 0 Å². The lowest BCUT2D eigenvalue weighted by Crippen LogP contribution is -2.26. The SMILES string of the molecule is CSC1CCC(NCc2ccc(C)cc2Br)C1. The highest BCUT2D eigenvalue weighted by atomic mass is 79.9. The van der Waals surface area contributed by atoms with Crippen molar-refractivity contribution < 1.29 is 0 Å². The van der Waals surface area contributed by atoms with Gasteiger partial charge in [-0.1, -0.05) is 28.1 Å². The van der Waals surface area contributed by atoms with E-state index in [1.165, 1.54) is 34.9 Å². The monoisotopic (exact) mass is 313 g/mol. The standard InChI is InChI=1S/C14H20BrNS/c1-10-3-4-11(14(15)7-10)9-16-12-5-6-13(8-12)17-2/h3-4,7,12-13,16H,5-6,8-9H2,1-2H3. The van der Waals surface area contributed by atoms with Crippen LogP contribution in [0.5, 0.6) is 0 Å². The maximum Gasteiger partial charge on any atom is 0.0222 e. The summed E-state index contributed by atoms with van der Waals surface area (Å²) in [5, 5.41) is 4.55. The Kier molecular flexibility index (Phi) is 4.95. The maximum atomic E-state index is 3.68. The zero-order valence-electron chi connectivity index (χ0n) is 10.5. The molecule has 0 aromatic heterocycles. The Labute approximate surface area is 117 Å². The van der Waals surface area contributed by atoms with Crippen molar-refractivity contribution in [3.05, 3.63) is 33.8 Å². The van der Waals surface area contributed by atoms with Gasteiger partial charge in [-0.2, -0.15) is 11.8 Å². The number of aryl methyl sites for hydroxylation is 1. The molecule has 1 aliphatic rings. The van der Waals surface area contributed by atoms with E-state index in [1.54, 1.807) is 0 Å². The number of nitrogens with one attached hydrogen (secondary N) is 1. The fraction of sp³-hybridized carbons (Fsp3) is 0.571. The minimum atomic E-state index is 0.709. The van der Waals surface area contributed by atoms with E-state index in [4.69, 9.17) is 0 Å². The van der Waals surface area contributed by atoms with Gasteiger partial charge in [0.1, 0.15) is 0 Å². The molecule has 3 heteroatoms. The summed E-state index contributed by atoms with van der Waals surface area (Å²) in [6.07, 6.45) is 6.25. The van der Waals surface area contributed by atoms with Crippen molar-refractivity contribution in [2.24, 2.45) is 0 Å². The largest absolute Gasteiger partial charge is 0.310 e. The lowest BCUT2D eigenvalue weighted by atomic mass is 10.1. The summed E-state index contributed by atoms with van der Waals surface area (Å²) in [5.41, 5.74) is 2.67. The molecule has 0 radical (unpaired) electrons. The molecule has 0 aliphatic heterocycles. The molecule has 1 saturated carbocycles. The van der Waals surface area contributed by atoms with Gasteiger partial charge in [-0.3, -0.25) is 0 Å². The normalized spacial score (nSPS) is 24.2. The van der Waals surface area contributed by atoms with Crippen molar-refractivity contribution >= 4 is 27.7 Å². The van der Waals surface area contributed by atoms with E-state index in [0.29, 0.717) is 6.04 Å². The molecule has 2 rings (SSSR count). The topological polar surface area (TPSA) is 12.0 Å². The minimum Gasteiger partial charge on any atom is -0.310 e. The molecule has 0 bridgehead atoms. The molecule has 2 atom stereocenters. The number of benzene rings is 1. The Morgan fingerprint density at radius 3 is 2.88 bits per heavy atom. The predicted molar refractivity (Wildman–Crippen MR) is 80.7 cm³/mol. The van der Waals surface area contributed by atoms with Crippen LogP contribution in [0, 0.1) is 6.92 Å². The summed E-state index contributed by atoms with van der Waals surface area (Å²) < 4.78 is 1.23. The zero-order valence-corrected chi connectivity index (χ0v) is 12.9. The van der Waals surface area contributed by atoms with E-state index in [9.17, 15) is 0 Å². The summed E-state index contributed by atoms with van der Waals surface area (Å²) in [4.78, 5) is 0. The number of thioether (sulfide) groups is 1. The van der Waals surface area contributed by atoms with Crippen LogP contribution < -0.4 is 5.32 Å². The van der Waals surface area contributed by atoms with Crippen LogP contribution >= 0.6 is 27.7 Å². The molecule has 2 unspecified atom stereocenters. The van der Waals surface area contributed by atoms with Crippen LogP contribution in [-0.2, 0) is 6.54 Å². The molecule has 0 spiro atoms. The van der Waals surface area contributed by atoms with Crippen LogP contribution in [-0.4, -0.2) is 17.5 Å². The van der Waals surface area contributed by atoms with E-state index in [2.05, 4.69) is 52.6 Å². The first-order valence-corrected chi connectivity index (χ1v) is 8.28. The summed E-state index contributed by atoms with van der Waals surface area (Å²) in [6, 6.07) is 7.30. The Balaban J connectivity index is 1.86. The first-order chi connectivity index (χ1) is 8.19. The molecule has 1 nitrogen and oxygen atoms in total. The van der Waals surface area contributed by atoms with Gasteiger partial charge in [0.2, 0.25) is 0 Å². The van der Waals surface area contributed by atoms with Crippen molar-refractivity contribution in [2.45, 2.75) is 44.0 Å². The first-order valence-electron chi connectivity index (χ1n) is 6.20. The van der Waals surface area contributed by atoms with Crippen molar-refractivity contribution in [2.75, 3.05) is 6.26 Å². The molecule has 94 valence electrons. The van der Waals surface area contributed by atoms with Crippen molar-refractivity contribution in [1.82, 2.24) is 5.32 Å². The molecule has 1 aromatic carbocycles. The number of halogens is 1. The Morgan fingerprint density at radius 2 is 2.24 bits per heavy atom. The minimum absolute atomic E-state index is 0.709. The molecule has 1 N–H and O–H groups in total. The molecule has 0 saturated heterocycles. The summed E-state index contributed by atoms with van der Waals surface area (Å²) in [6.45, 7) is 3.11. The van der Waals surface area contributed by atoms with E-state index in [-0.39, 0.29) is 0 Å².